The van der Waals surface area contributed by atoms with E-state index in [4.69, 9.17) is 9.47 Å². The van der Waals surface area contributed by atoms with Gasteiger partial charge >= 0.3 is 6.18 Å². The van der Waals surface area contributed by atoms with Crippen molar-refractivity contribution in [1.29, 1.82) is 0 Å². The Hall–Kier alpha value is -2.71. The van der Waals surface area contributed by atoms with Crippen molar-refractivity contribution in [2.75, 3.05) is 37.7 Å². The number of alkyl halides is 3. The van der Waals surface area contributed by atoms with Gasteiger partial charge in [0.25, 0.3) is 0 Å². The Labute approximate surface area is 154 Å². The number of rotatable bonds is 5. The second-order valence-electron chi connectivity index (χ2n) is 6.36. The molecule has 1 saturated heterocycles. The fourth-order valence-corrected chi connectivity index (χ4v) is 3.19. The van der Waals surface area contributed by atoms with Gasteiger partial charge in [-0.15, -0.1) is 6.58 Å². The summed E-state index contributed by atoms with van der Waals surface area (Å²) >= 11 is 0. The normalized spacial score (nSPS) is 19.1. The third-order valence-electron chi connectivity index (χ3n) is 4.34. The molecule has 0 aliphatic carbocycles. The van der Waals surface area contributed by atoms with Crippen LogP contribution >= 0.6 is 0 Å². The third-order valence-corrected chi connectivity index (χ3v) is 4.34. The minimum atomic E-state index is -4.52. The minimum absolute atomic E-state index is 0.0167. The maximum Gasteiger partial charge on any atom is 0.406 e. The molecule has 9 heteroatoms. The summed E-state index contributed by atoms with van der Waals surface area (Å²) in [6.07, 6.45) is -3.42. The van der Waals surface area contributed by atoms with Gasteiger partial charge in [-0.25, -0.2) is 0 Å². The van der Waals surface area contributed by atoms with Crippen LogP contribution in [0.2, 0.25) is 0 Å². The number of carbonyl (C=O) groups excluding carboxylic acids is 2. The maximum absolute atomic E-state index is 12.7. The van der Waals surface area contributed by atoms with Crippen molar-refractivity contribution in [3.8, 4) is 11.5 Å². The summed E-state index contributed by atoms with van der Waals surface area (Å²) in [4.78, 5) is 27.0. The molecule has 2 heterocycles. The highest BCUT2D eigenvalue weighted by Gasteiger charge is 2.40. The Morgan fingerprint density at radius 1 is 1.30 bits per heavy atom. The van der Waals surface area contributed by atoms with Gasteiger partial charge in [-0.2, -0.15) is 13.2 Å². The average molecular weight is 384 g/mol. The lowest BCUT2D eigenvalue weighted by Gasteiger charge is -2.25. The lowest BCUT2D eigenvalue weighted by Crippen LogP contribution is -2.43. The van der Waals surface area contributed by atoms with Crippen molar-refractivity contribution in [2.45, 2.75) is 12.6 Å². The third kappa shape index (κ3) is 4.35. The van der Waals surface area contributed by atoms with Crippen molar-refractivity contribution in [2.24, 2.45) is 5.92 Å². The van der Waals surface area contributed by atoms with Gasteiger partial charge in [0.15, 0.2) is 11.5 Å². The molecule has 1 fully saturated rings. The summed E-state index contributed by atoms with van der Waals surface area (Å²) in [5, 5.41) is 0. The van der Waals surface area contributed by atoms with Crippen LogP contribution in [0.3, 0.4) is 0 Å². The van der Waals surface area contributed by atoms with Gasteiger partial charge in [-0.05, 0) is 12.1 Å². The molecule has 0 aromatic heterocycles. The fraction of sp³-hybridized carbons (Fsp3) is 0.444. The number of hydrogen-bond acceptors (Lipinski definition) is 4. The van der Waals surface area contributed by atoms with E-state index in [9.17, 15) is 22.8 Å². The van der Waals surface area contributed by atoms with E-state index in [2.05, 4.69) is 6.58 Å². The van der Waals surface area contributed by atoms with Gasteiger partial charge in [0.05, 0.1) is 5.92 Å². The molecule has 6 nitrogen and oxygen atoms in total. The highest BCUT2D eigenvalue weighted by atomic mass is 19.4. The van der Waals surface area contributed by atoms with Crippen LogP contribution in [0.4, 0.5) is 18.9 Å². The Balaban J connectivity index is 1.74. The van der Waals surface area contributed by atoms with Gasteiger partial charge in [0.2, 0.25) is 11.8 Å². The first kappa shape index (κ1) is 19.1. The van der Waals surface area contributed by atoms with Crippen LogP contribution < -0.4 is 14.4 Å². The van der Waals surface area contributed by atoms with Crippen molar-refractivity contribution < 1.29 is 32.2 Å². The number of ether oxygens (including phenoxy) is 2. The number of anilines is 1. The van der Waals surface area contributed by atoms with E-state index >= 15 is 0 Å². The standard InChI is InChI=1S/C18H19F3N2O4/c1-2-5-22(11-18(19,20)21)17(25)12-8-16(24)23(10-12)13-3-4-14-15(9-13)27-7-6-26-14/h2-4,9,12H,1,5-8,10-11H2. The number of benzene rings is 1. The second kappa shape index (κ2) is 7.50. The van der Waals surface area contributed by atoms with Crippen LogP contribution in [0.1, 0.15) is 6.42 Å². The quantitative estimate of drug-likeness (QED) is 0.732. The van der Waals surface area contributed by atoms with E-state index in [-0.39, 0.29) is 25.4 Å². The molecule has 2 aliphatic rings. The molecular formula is C18H19F3N2O4. The van der Waals surface area contributed by atoms with Gasteiger partial charge in [-0.3, -0.25) is 9.59 Å². The first-order chi connectivity index (χ1) is 12.8. The maximum atomic E-state index is 12.7. The second-order valence-corrected chi connectivity index (χ2v) is 6.36. The van der Waals surface area contributed by atoms with E-state index in [1.54, 1.807) is 18.2 Å². The Bertz CT molecular complexity index is 751. The summed E-state index contributed by atoms with van der Waals surface area (Å²) in [6, 6.07) is 4.96. The van der Waals surface area contributed by atoms with E-state index in [1.165, 1.54) is 11.0 Å². The first-order valence-electron chi connectivity index (χ1n) is 8.45. The fourth-order valence-electron chi connectivity index (χ4n) is 3.19. The zero-order chi connectivity index (χ0) is 19.6. The average Bonchev–Trinajstić information content (AvgIpc) is 3.01. The Kier molecular flexibility index (Phi) is 5.29. The molecule has 1 unspecified atom stereocenters. The van der Waals surface area contributed by atoms with Crippen LogP contribution in [0.15, 0.2) is 30.9 Å². The minimum Gasteiger partial charge on any atom is -0.486 e. The molecule has 1 aromatic rings. The molecule has 27 heavy (non-hydrogen) atoms. The van der Waals surface area contributed by atoms with E-state index in [0.29, 0.717) is 35.3 Å². The molecule has 0 spiro atoms. The number of halogens is 3. The zero-order valence-electron chi connectivity index (χ0n) is 14.5. The predicted octanol–water partition coefficient (Wildman–Crippen LogP) is 2.39. The monoisotopic (exact) mass is 384 g/mol. The smallest absolute Gasteiger partial charge is 0.406 e. The molecule has 2 amide bonds. The zero-order valence-corrected chi connectivity index (χ0v) is 14.5. The summed E-state index contributed by atoms with van der Waals surface area (Å²) < 4.78 is 49.1. The molecule has 3 rings (SSSR count). The van der Waals surface area contributed by atoms with Crippen LogP contribution in [0, 0.1) is 5.92 Å². The molecule has 0 saturated carbocycles. The van der Waals surface area contributed by atoms with Crippen molar-refractivity contribution >= 4 is 17.5 Å². The number of hydrogen-bond donors (Lipinski definition) is 0. The molecule has 0 N–H and O–H groups in total. The molecule has 0 radical (unpaired) electrons. The number of nitrogens with zero attached hydrogens (tertiary/aromatic N) is 2. The lowest BCUT2D eigenvalue weighted by atomic mass is 10.1. The number of carbonyl (C=O) groups is 2. The summed E-state index contributed by atoms with van der Waals surface area (Å²) in [6.45, 7) is 2.64. The Morgan fingerprint density at radius 2 is 2.00 bits per heavy atom. The SMILES string of the molecule is C=CCN(CC(F)(F)F)C(=O)C1CC(=O)N(c2ccc3c(c2)OCCO3)C1. The highest BCUT2D eigenvalue weighted by molar-refractivity contribution is 6.00. The first-order valence-corrected chi connectivity index (χ1v) is 8.45. The van der Waals surface area contributed by atoms with Crippen LogP contribution in [-0.2, 0) is 9.59 Å². The van der Waals surface area contributed by atoms with Gasteiger partial charge in [0.1, 0.15) is 19.8 Å². The summed E-state index contributed by atoms with van der Waals surface area (Å²) in [5.41, 5.74) is 0.519. The van der Waals surface area contributed by atoms with Crippen molar-refractivity contribution in [1.82, 2.24) is 4.90 Å². The van der Waals surface area contributed by atoms with E-state index < -0.39 is 24.5 Å². The summed E-state index contributed by atoms with van der Waals surface area (Å²) in [5.74, 6) is -0.817. The summed E-state index contributed by atoms with van der Waals surface area (Å²) in [7, 11) is 0. The molecule has 146 valence electrons. The van der Waals surface area contributed by atoms with Crippen molar-refractivity contribution in [3.63, 3.8) is 0 Å². The molecule has 1 aromatic carbocycles. The van der Waals surface area contributed by atoms with Crippen molar-refractivity contribution in [3.05, 3.63) is 30.9 Å². The van der Waals surface area contributed by atoms with Gasteiger partial charge in [0, 0.05) is 31.3 Å². The van der Waals surface area contributed by atoms with E-state index in [1.807, 2.05) is 0 Å². The lowest BCUT2D eigenvalue weighted by molar-refractivity contribution is -0.162. The van der Waals surface area contributed by atoms with Gasteiger partial charge in [-0.1, -0.05) is 6.08 Å². The molecule has 1 atom stereocenters. The van der Waals surface area contributed by atoms with Crippen LogP contribution in [0.25, 0.3) is 0 Å². The van der Waals surface area contributed by atoms with Gasteiger partial charge < -0.3 is 19.3 Å². The van der Waals surface area contributed by atoms with Crippen LogP contribution in [-0.4, -0.2) is 55.7 Å². The topological polar surface area (TPSA) is 59.1 Å². The van der Waals surface area contributed by atoms with Crippen LogP contribution in [0.5, 0.6) is 11.5 Å². The molecular weight excluding hydrogens is 365 g/mol. The predicted molar refractivity (Wildman–Crippen MR) is 90.7 cm³/mol. The molecule has 0 bridgehead atoms. The van der Waals surface area contributed by atoms with E-state index in [0.717, 1.165) is 0 Å². The highest BCUT2D eigenvalue weighted by Crippen LogP contribution is 2.36. The largest absolute Gasteiger partial charge is 0.486 e. The number of fused-ring (bicyclic) bond motifs is 1. The Morgan fingerprint density at radius 3 is 2.67 bits per heavy atom. The molecule has 2 aliphatic heterocycles. The number of amides is 2.